The van der Waals surface area contributed by atoms with Crippen LogP contribution in [0.1, 0.15) is 44.0 Å². The summed E-state index contributed by atoms with van der Waals surface area (Å²) >= 11 is 0. The van der Waals surface area contributed by atoms with E-state index in [0.717, 1.165) is 12.8 Å². The Morgan fingerprint density at radius 1 is 1.14 bits per heavy atom. The Hall–Kier alpha value is -2.04. The average molecular weight is 307 g/mol. The molecule has 1 amide bonds. The normalized spacial score (nSPS) is 11.9. The van der Waals surface area contributed by atoms with Crippen LogP contribution in [-0.2, 0) is 9.53 Å². The van der Waals surface area contributed by atoms with Gasteiger partial charge in [0.15, 0.2) is 0 Å². The van der Waals surface area contributed by atoms with Gasteiger partial charge in [-0.1, -0.05) is 13.8 Å². The maximum absolute atomic E-state index is 12.0. The van der Waals surface area contributed by atoms with E-state index in [1.165, 1.54) is 0 Å². The highest BCUT2D eigenvalue weighted by molar-refractivity contribution is 5.96. The first-order valence-electron chi connectivity index (χ1n) is 7.55. The van der Waals surface area contributed by atoms with Crippen molar-refractivity contribution in [3.8, 4) is 5.75 Å². The molecule has 0 saturated carbocycles. The molecule has 0 fully saturated rings. The van der Waals surface area contributed by atoms with E-state index < -0.39 is 12.0 Å². The second-order valence-electron chi connectivity index (χ2n) is 5.63. The van der Waals surface area contributed by atoms with Crippen molar-refractivity contribution >= 4 is 11.9 Å². The largest absolute Gasteiger partial charge is 0.497 e. The smallest absolute Gasteiger partial charge is 0.328 e. The highest BCUT2D eigenvalue weighted by Crippen LogP contribution is 2.11. The molecule has 5 nitrogen and oxygen atoms in total. The minimum absolute atomic E-state index is 0.311. The fourth-order valence-corrected chi connectivity index (χ4v) is 1.87. The van der Waals surface area contributed by atoms with Gasteiger partial charge in [-0.15, -0.1) is 0 Å². The van der Waals surface area contributed by atoms with Crippen LogP contribution in [0, 0.1) is 5.92 Å². The Kier molecular flexibility index (Phi) is 7.43. The first kappa shape index (κ1) is 18.0. The predicted molar refractivity (Wildman–Crippen MR) is 85.0 cm³/mol. The summed E-state index contributed by atoms with van der Waals surface area (Å²) in [5.41, 5.74) is 0.472. The summed E-state index contributed by atoms with van der Waals surface area (Å²) in [6.07, 6.45) is 1.85. The lowest BCUT2D eigenvalue weighted by atomic mass is 10.1. The summed E-state index contributed by atoms with van der Waals surface area (Å²) < 4.78 is 10.2. The van der Waals surface area contributed by atoms with E-state index in [9.17, 15) is 9.59 Å². The minimum atomic E-state index is -0.673. The zero-order chi connectivity index (χ0) is 16.5. The number of methoxy groups -OCH3 is 1. The molecule has 0 aliphatic rings. The Morgan fingerprint density at radius 3 is 2.32 bits per heavy atom. The molecule has 1 aromatic carbocycles. The van der Waals surface area contributed by atoms with Crippen LogP contribution < -0.4 is 10.1 Å². The van der Waals surface area contributed by atoms with E-state index in [0.29, 0.717) is 23.8 Å². The predicted octanol–water partition coefficient (Wildman–Crippen LogP) is 2.79. The molecule has 1 aromatic rings. The molecular weight excluding hydrogens is 282 g/mol. The molecular formula is C17H25NO4. The first-order valence-corrected chi connectivity index (χ1v) is 7.55. The van der Waals surface area contributed by atoms with E-state index in [4.69, 9.17) is 9.47 Å². The second-order valence-corrected chi connectivity index (χ2v) is 5.63. The maximum atomic E-state index is 12.0. The van der Waals surface area contributed by atoms with Crippen molar-refractivity contribution in [2.24, 2.45) is 5.92 Å². The third-order valence-electron chi connectivity index (χ3n) is 3.22. The van der Waals surface area contributed by atoms with Gasteiger partial charge in [0.1, 0.15) is 11.8 Å². The summed E-state index contributed by atoms with van der Waals surface area (Å²) in [6.45, 7) is 6.25. The lowest BCUT2D eigenvalue weighted by Crippen LogP contribution is -2.39. The van der Waals surface area contributed by atoms with Crippen molar-refractivity contribution in [1.82, 2.24) is 5.32 Å². The Balaban J connectivity index is 2.40. The van der Waals surface area contributed by atoms with Gasteiger partial charge >= 0.3 is 5.97 Å². The molecule has 0 saturated heterocycles. The van der Waals surface area contributed by atoms with Gasteiger partial charge in [-0.25, -0.2) is 4.79 Å². The Morgan fingerprint density at radius 2 is 1.77 bits per heavy atom. The average Bonchev–Trinajstić information content (AvgIpc) is 2.51. The van der Waals surface area contributed by atoms with Crippen LogP contribution in [0.4, 0.5) is 0 Å². The lowest BCUT2D eigenvalue weighted by Gasteiger charge is -2.14. The van der Waals surface area contributed by atoms with Crippen LogP contribution in [0.15, 0.2) is 24.3 Å². The van der Waals surface area contributed by atoms with Gasteiger partial charge in [0.05, 0.1) is 13.7 Å². The van der Waals surface area contributed by atoms with Gasteiger partial charge in [0.25, 0.3) is 5.91 Å². The highest BCUT2D eigenvalue weighted by Gasteiger charge is 2.17. The third-order valence-corrected chi connectivity index (χ3v) is 3.22. The van der Waals surface area contributed by atoms with Gasteiger partial charge in [-0.3, -0.25) is 4.79 Å². The van der Waals surface area contributed by atoms with E-state index in [2.05, 4.69) is 19.2 Å². The topological polar surface area (TPSA) is 64.6 Å². The van der Waals surface area contributed by atoms with Crippen LogP contribution in [-0.4, -0.2) is 31.6 Å². The number of esters is 1. The van der Waals surface area contributed by atoms with Crippen molar-refractivity contribution in [3.05, 3.63) is 29.8 Å². The van der Waals surface area contributed by atoms with E-state index in [-0.39, 0.29) is 5.91 Å². The molecule has 1 atom stereocenters. The van der Waals surface area contributed by atoms with Gasteiger partial charge in [0, 0.05) is 5.56 Å². The monoisotopic (exact) mass is 307 g/mol. The van der Waals surface area contributed by atoms with Gasteiger partial charge in [-0.05, 0) is 49.9 Å². The zero-order valence-corrected chi connectivity index (χ0v) is 13.7. The molecule has 0 bridgehead atoms. The number of benzene rings is 1. The van der Waals surface area contributed by atoms with Crippen molar-refractivity contribution in [1.29, 1.82) is 0 Å². The van der Waals surface area contributed by atoms with Gasteiger partial charge in [0.2, 0.25) is 0 Å². The van der Waals surface area contributed by atoms with Crippen LogP contribution in [0.5, 0.6) is 5.75 Å². The number of carbonyl (C=O) groups excluding carboxylic acids is 2. The SMILES string of the molecule is COc1ccc(C(=O)NC(C)C(=O)OCCCC(C)C)cc1. The molecule has 5 heteroatoms. The lowest BCUT2D eigenvalue weighted by molar-refractivity contribution is -0.145. The molecule has 0 aliphatic carbocycles. The fourth-order valence-electron chi connectivity index (χ4n) is 1.87. The van der Waals surface area contributed by atoms with E-state index in [1.54, 1.807) is 38.3 Å². The summed E-state index contributed by atoms with van der Waals surface area (Å²) in [5.74, 6) is 0.542. The summed E-state index contributed by atoms with van der Waals surface area (Å²) in [5, 5.41) is 2.63. The fraction of sp³-hybridized carbons (Fsp3) is 0.529. The number of carbonyl (C=O) groups is 2. The molecule has 0 radical (unpaired) electrons. The van der Waals surface area contributed by atoms with Crippen molar-refractivity contribution < 1.29 is 19.1 Å². The van der Waals surface area contributed by atoms with Crippen molar-refractivity contribution in [3.63, 3.8) is 0 Å². The van der Waals surface area contributed by atoms with Crippen molar-refractivity contribution in [2.45, 2.75) is 39.7 Å². The number of amides is 1. The Bertz CT molecular complexity index is 482. The third kappa shape index (κ3) is 6.16. The first-order chi connectivity index (χ1) is 10.4. The van der Waals surface area contributed by atoms with Crippen LogP contribution in [0.2, 0.25) is 0 Å². The minimum Gasteiger partial charge on any atom is -0.497 e. The van der Waals surface area contributed by atoms with E-state index in [1.807, 2.05) is 0 Å². The molecule has 1 unspecified atom stereocenters. The van der Waals surface area contributed by atoms with E-state index >= 15 is 0 Å². The van der Waals surface area contributed by atoms with Crippen LogP contribution >= 0.6 is 0 Å². The number of hydrogen-bond donors (Lipinski definition) is 1. The number of hydrogen-bond acceptors (Lipinski definition) is 4. The summed E-state index contributed by atoms with van der Waals surface area (Å²) in [7, 11) is 1.56. The number of ether oxygens (including phenoxy) is 2. The standard InChI is InChI=1S/C17H25NO4/c1-12(2)6-5-11-22-17(20)13(3)18-16(19)14-7-9-15(21-4)10-8-14/h7-10,12-13H,5-6,11H2,1-4H3,(H,18,19). The highest BCUT2D eigenvalue weighted by atomic mass is 16.5. The molecule has 1 rings (SSSR count). The van der Waals surface area contributed by atoms with Gasteiger partial charge in [-0.2, -0.15) is 0 Å². The molecule has 122 valence electrons. The molecule has 0 aliphatic heterocycles. The Labute approximate surface area is 132 Å². The summed E-state index contributed by atoms with van der Waals surface area (Å²) in [6, 6.07) is 6.02. The van der Waals surface area contributed by atoms with Crippen LogP contribution in [0.25, 0.3) is 0 Å². The summed E-state index contributed by atoms with van der Waals surface area (Å²) in [4.78, 5) is 23.8. The number of rotatable bonds is 8. The molecule has 1 N–H and O–H groups in total. The van der Waals surface area contributed by atoms with Crippen molar-refractivity contribution in [2.75, 3.05) is 13.7 Å². The molecule has 0 heterocycles. The van der Waals surface area contributed by atoms with Crippen LogP contribution in [0.3, 0.4) is 0 Å². The second kappa shape index (κ2) is 9.07. The molecule has 22 heavy (non-hydrogen) atoms. The maximum Gasteiger partial charge on any atom is 0.328 e. The van der Waals surface area contributed by atoms with Gasteiger partial charge < -0.3 is 14.8 Å². The quantitative estimate of drug-likeness (QED) is 0.592. The number of nitrogens with one attached hydrogen (secondary N) is 1. The molecule has 0 aromatic heterocycles. The zero-order valence-electron chi connectivity index (χ0n) is 13.7. The molecule has 0 spiro atoms.